The third kappa shape index (κ3) is 12.2. The Kier molecular flexibility index (Phi) is 17.9. The van der Waals surface area contributed by atoms with Gasteiger partial charge < -0.3 is 52.9 Å². The maximum absolute atomic E-state index is 14.9. The smallest absolute Gasteiger partial charge is 0.417 e. The molecule has 0 radical (unpaired) electrons. The first kappa shape index (κ1) is 53.7. The van der Waals surface area contributed by atoms with Crippen molar-refractivity contribution in [1.29, 1.82) is 0 Å². The van der Waals surface area contributed by atoms with Gasteiger partial charge in [0.1, 0.15) is 35.6 Å². The average molecular weight is 1030 g/mol. The second kappa shape index (κ2) is 25.1. The van der Waals surface area contributed by atoms with Gasteiger partial charge in [0.2, 0.25) is 12.6 Å². The lowest BCUT2D eigenvalue weighted by Crippen LogP contribution is -2.70. The van der Waals surface area contributed by atoms with Gasteiger partial charge in [-0.1, -0.05) is 42.3 Å². The number of aliphatic hydroxyl groups excluding tert-OH is 2. The van der Waals surface area contributed by atoms with Crippen molar-refractivity contribution >= 4 is 29.3 Å². The van der Waals surface area contributed by atoms with E-state index in [1.807, 2.05) is 12.1 Å². The summed E-state index contributed by atoms with van der Waals surface area (Å²) < 4.78 is 48.8. The minimum atomic E-state index is -1.67. The van der Waals surface area contributed by atoms with Crippen molar-refractivity contribution in [3.8, 4) is 34.5 Å². The van der Waals surface area contributed by atoms with Gasteiger partial charge in [0.05, 0.1) is 49.7 Å². The normalized spacial score (nSPS) is 21.3. The van der Waals surface area contributed by atoms with E-state index in [0.717, 1.165) is 5.57 Å². The molecule has 1 fully saturated rings. The van der Waals surface area contributed by atoms with E-state index in [9.17, 15) is 29.9 Å². The van der Waals surface area contributed by atoms with E-state index >= 15 is 0 Å². The number of nitro benzene ring substituents is 1. The number of nitrogens with zero attached hydrogens (tertiary/aromatic N) is 3. The lowest BCUT2D eigenvalue weighted by atomic mass is 9.55. The van der Waals surface area contributed by atoms with Gasteiger partial charge >= 0.3 is 12.2 Å². The quantitative estimate of drug-likeness (QED) is 0.0243. The van der Waals surface area contributed by atoms with Gasteiger partial charge in [-0.25, -0.2) is 9.59 Å². The number of aliphatic hydroxyl groups is 2. The number of methoxy groups -OCH3 is 2. The standard InChI is InChI=1S/C56H64N4O15/c1-5-7-27-69-55(64)59(33-37-16-22-48-50(28-37)71-35-70-48)51-32-46(58-73-34-36-14-17-39(18-15-36)60(65)66)43-29-38(12-8-10-24-61)42(13-9-11-25-62)52-44-30-41(20-23-47(44)75-56(51,53(43)52)72-26-6-2)74-54(63)57-45-21-19-40(67-3)31-49(45)68-4/h5-6,14-23,28-31,38,42,51-53,61-62H,1-2,7-13,24-27,32-35H2,3-4H3,(H,57,63). The van der Waals surface area contributed by atoms with E-state index in [0.29, 0.717) is 102 Å². The predicted octanol–water partition coefficient (Wildman–Crippen LogP) is 10.0. The number of allylic oxidation sites excluding steroid dienone is 1. The van der Waals surface area contributed by atoms with E-state index in [-0.39, 0.29) is 76.1 Å². The maximum atomic E-state index is 14.9. The average Bonchev–Trinajstić information content (AvgIpc) is 3.90. The number of benzene rings is 4. The highest BCUT2D eigenvalue weighted by Crippen LogP contribution is 2.62. The Morgan fingerprint density at radius 3 is 2.37 bits per heavy atom. The number of anilines is 1. The van der Waals surface area contributed by atoms with E-state index in [1.54, 1.807) is 71.6 Å². The van der Waals surface area contributed by atoms with Crippen molar-refractivity contribution < 1.29 is 67.5 Å². The summed E-state index contributed by atoms with van der Waals surface area (Å²) in [4.78, 5) is 47.5. The lowest BCUT2D eigenvalue weighted by Gasteiger charge is -2.59. The number of ether oxygens (including phenoxy) is 8. The van der Waals surface area contributed by atoms with Crippen LogP contribution >= 0.6 is 0 Å². The van der Waals surface area contributed by atoms with Crippen molar-refractivity contribution in [1.82, 2.24) is 4.90 Å². The fourth-order valence-electron chi connectivity index (χ4n) is 10.6. The molecular formula is C56H64N4O15. The number of nitrogens with one attached hydrogen (secondary N) is 1. The number of oxime groups is 1. The van der Waals surface area contributed by atoms with Crippen LogP contribution in [0.3, 0.4) is 0 Å². The van der Waals surface area contributed by atoms with E-state index < -0.39 is 40.8 Å². The molecule has 2 aliphatic carbocycles. The molecule has 75 heavy (non-hydrogen) atoms. The highest BCUT2D eigenvalue weighted by Gasteiger charge is 2.66. The first-order valence-corrected chi connectivity index (χ1v) is 25.1. The predicted molar refractivity (Wildman–Crippen MR) is 276 cm³/mol. The minimum absolute atomic E-state index is 0.000125. The molecule has 4 aliphatic rings. The summed E-state index contributed by atoms with van der Waals surface area (Å²) in [6, 6.07) is 20.6. The molecule has 0 saturated heterocycles. The Morgan fingerprint density at radius 2 is 1.64 bits per heavy atom. The molecular weight excluding hydrogens is 969 g/mol. The summed E-state index contributed by atoms with van der Waals surface area (Å²) in [6.07, 6.45) is 8.27. The number of carbonyl (C=O) groups is 2. The Labute approximate surface area is 435 Å². The zero-order valence-electron chi connectivity index (χ0n) is 42.2. The fraction of sp³-hybridized carbons (Fsp3) is 0.411. The number of fused-ring (bicyclic) bond motifs is 3. The molecule has 6 unspecified atom stereocenters. The van der Waals surface area contributed by atoms with Crippen LogP contribution in [0.25, 0.3) is 0 Å². The number of unbranched alkanes of at least 4 members (excludes halogenated alkanes) is 2. The van der Waals surface area contributed by atoms with Crippen LogP contribution in [0.15, 0.2) is 121 Å². The van der Waals surface area contributed by atoms with Gasteiger partial charge in [-0.05, 0) is 115 Å². The Balaban J connectivity index is 1.30. The van der Waals surface area contributed by atoms with Gasteiger partial charge in [-0.15, -0.1) is 13.2 Å². The van der Waals surface area contributed by atoms with Crippen LogP contribution in [0.1, 0.15) is 74.0 Å². The molecule has 2 aliphatic heterocycles. The zero-order valence-corrected chi connectivity index (χ0v) is 42.2. The summed E-state index contributed by atoms with van der Waals surface area (Å²) in [7, 11) is 3.01. The molecule has 19 heteroatoms. The third-order valence-corrected chi connectivity index (χ3v) is 14.0. The minimum Gasteiger partial charge on any atom is -0.497 e. The second-order valence-corrected chi connectivity index (χ2v) is 18.6. The topological polar surface area (TPSA) is 228 Å². The SMILES string of the molecule is C=CCCOC(=O)N(Cc1ccc2c(c1)OCO2)C1CC(=NOCc2ccc([N+](=O)[O-])cc2)C2=CC(CCCCO)C(CCCCO)C3c4cc(OC(=O)Nc5ccc(OC)cc5OC)ccc4OC1(OCC=C)C23. The van der Waals surface area contributed by atoms with Gasteiger partial charge in [0, 0.05) is 55.9 Å². The van der Waals surface area contributed by atoms with Crippen LogP contribution in [0.4, 0.5) is 21.0 Å². The van der Waals surface area contributed by atoms with Crippen LogP contribution in [0.2, 0.25) is 0 Å². The molecule has 3 N–H and O–H groups in total. The molecule has 398 valence electrons. The van der Waals surface area contributed by atoms with Crippen molar-refractivity contribution in [2.24, 2.45) is 22.9 Å². The Bertz CT molecular complexity index is 2750. The van der Waals surface area contributed by atoms with Gasteiger partial charge in [-0.3, -0.25) is 20.3 Å². The van der Waals surface area contributed by atoms with Crippen molar-refractivity contribution in [2.45, 2.75) is 82.3 Å². The molecule has 0 spiro atoms. The summed E-state index contributed by atoms with van der Waals surface area (Å²) in [6.45, 7) is 7.91. The summed E-state index contributed by atoms with van der Waals surface area (Å²) in [5, 5.41) is 39.3. The van der Waals surface area contributed by atoms with Gasteiger partial charge in [-0.2, -0.15) is 0 Å². The molecule has 2 heterocycles. The number of hydrogen-bond acceptors (Lipinski definition) is 16. The molecule has 4 aromatic rings. The maximum Gasteiger partial charge on any atom is 0.417 e. The largest absolute Gasteiger partial charge is 0.497 e. The number of hydrogen-bond donors (Lipinski definition) is 3. The number of nitro groups is 1. The molecule has 4 aromatic carbocycles. The van der Waals surface area contributed by atoms with Gasteiger partial charge in [0.15, 0.2) is 11.5 Å². The van der Waals surface area contributed by atoms with E-state index in [4.69, 9.17) is 47.9 Å². The van der Waals surface area contributed by atoms with Crippen molar-refractivity contribution in [3.05, 3.63) is 143 Å². The van der Waals surface area contributed by atoms with Crippen LogP contribution < -0.4 is 33.7 Å². The third-order valence-electron chi connectivity index (χ3n) is 14.0. The summed E-state index contributed by atoms with van der Waals surface area (Å²) >= 11 is 0. The number of carbonyl (C=O) groups excluding carboxylic acids is 2. The van der Waals surface area contributed by atoms with E-state index in [2.05, 4.69) is 24.6 Å². The first-order valence-electron chi connectivity index (χ1n) is 25.1. The molecule has 0 aromatic heterocycles. The highest BCUT2D eigenvalue weighted by atomic mass is 16.7. The number of amides is 2. The molecule has 0 bridgehead atoms. The monoisotopic (exact) mass is 1030 g/mol. The molecule has 2 amide bonds. The van der Waals surface area contributed by atoms with Crippen LogP contribution in [0, 0.1) is 27.9 Å². The highest BCUT2D eigenvalue weighted by molar-refractivity contribution is 6.03. The van der Waals surface area contributed by atoms with Crippen molar-refractivity contribution in [2.75, 3.05) is 52.8 Å². The van der Waals surface area contributed by atoms with Crippen LogP contribution in [0.5, 0.6) is 34.5 Å². The first-order chi connectivity index (χ1) is 36.5. The molecule has 8 rings (SSSR count). The second-order valence-electron chi connectivity index (χ2n) is 18.6. The number of rotatable bonds is 25. The van der Waals surface area contributed by atoms with Crippen molar-refractivity contribution in [3.63, 3.8) is 0 Å². The molecule has 6 atom stereocenters. The molecule has 19 nitrogen and oxygen atoms in total. The lowest BCUT2D eigenvalue weighted by molar-refractivity contribution is -0.384. The summed E-state index contributed by atoms with van der Waals surface area (Å²) in [5.41, 5.74) is 3.58. The Hall–Kier alpha value is -7.61. The van der Waals surface area contributed by atoms with Crippen LogP contribution in [-0.2, 0) is 27.5 Å². The molecule has 1 saturated carbocycles. The Morgan fingerprint density at radius 1 is 0.893 bits per heavy atom. The van der Waals surface area contributed by atoms with Gasteiger partial charge in [0.25, 0.3) is 5.69 Å². The van der Waals surface area contributed by atoms with E-state index in [1.165, 1.54) is 26.4 Å². The van der Waals surface area contributed by atoms with Crippen LogP contribution in [-0.4, -0.2) is 97.2 Å². The summed E-state index contributed by atoms with van der Waals surface area (Å²) in [5.74, 6) is -0.529. The zero-order chi connectivity index (χ0) is 52.9. The fourth-order valence-corrected chi connectivity index (χ4v) is 10.6. The number of non-ortho nitro benzene ring substituents is 1.